The summed E-state index contributed by atoms with van der Waals surface area (Å²) >= 11 is 7.24. The molecule has 0 spiro atoms. The molecule has 0 radical (unpaired) electrons. The Kier molecular flexibility index (Phi) is 6.90. The summed E-state index contributed by atoms with van der Waals surface area (Å²) in [5.74, 6) is 0.0821. The molecule has 0 aliphatic rings. The van der Waals surface area contributed by atoms with Gasteiger partial charge in [0.15, 0.2) is 0 Å². The van der Waals surface area contributed by atoms with Crippen molar-refractivity contribution in [2.45, 2.75) is 12.8 Å². The van der Waals surface area contributed by atoms with Crippen LogP contribution < -0.4 is 20.3 Å². The molecule has 2 amide bonds. The van der Waals surface area contributed by atoms with Gasteiger partial charge < -0.3 is 9.47 Å². The van der Waals surface area contributed by atoms with E-state index in [0.29, 0.717) is 28.9 Å². The Morgan fingerprint density at radius 2 is 1.83 bits per heavy atom. The topological polar surface area (TPSA) is 76.7 Å². The molecule has 2 N–H and O–H groups in total. The number of hydrazine groups is 1. The molecule has 0 saturated carbocycles. The van der Waals surface area contributed by atoms with Gasteiger partial charge in [-0.05, 0) is 48.9 Å². The van der Waals surface area contributed by atoms with Gasteiger partial charge in [0.2, 0.25) is 5.91 Å². The third-order valence-corrected chi connectivity index (χ3v) is 5.65. The number of thiophene rings is 1. The van der Waals surface area contributed by atoms with Gasteiger partial charge in [-0.3, -0.25) is 20.4 Å². The van der Waals surface area contributed by atoms with Crippen molar-refractivity contribution in [3.8, 4) is 11.5 Å². The number of methoxy groups -OCH3 is 1. The number of carbonyl (C=O) groups excluding carboxylic acids is 2. The van der Waals surface area contributed by atoms with E-state index in [1.165, 1.54) is 18.2 Å². The highest BCUT2D eigenvalue weighted by Crippen LogP contribution is 2.35. The molecule has 3 aromatic rings. The van der Waals surface area contributed by atoms with Gasteiger partial charge in [0.05, 0.1) is 18.7 Å². The lowest BCUT2D eigenvalue weighted by Gasteiger charge is -2.08. The molecule has 0 aliphatic carbocycles. The van der Waals surface area contributed by atoms with Crippen molar-refractivity contribution in [2.24, 2.45) is 0 Å². The van der Waals surface area contributed by atoms with Gasteiger partial charge in [-0.25, -0.2) is 4.39 Å². The van der Waals surface area contributed by atoms with E-state index in [9.17, 15) is 14.0 Å². The van der Waals surface area contributed by atoms with Crippen molar-refractivity contribution in [1.82, 2.24) is 10.9 Å². The molecule has 0 unspecified atom stereocenters. The maximum Gasteiger partial charge on any atom is 0.281 e. The van der Waals surface area contributed by atoms with E-state index in [0.717, 1.165) is 17.1 Å². The van der Waals surface area contributed by atoms with Crippen LogP contribution in [0.5, 0.6) is 11.5 Å². The standard InChI is InChI=1S/C20H18ClFN2O4S/c1-27-13-5-7-14(8-6-13)28-10-2-3-17(25)23-24-20(26)19-18(21)15-9-4-12(22)11-16(15)29-19/h4-9,11H,2-3,10H2,1H3,(H,23,25)(H,24,26). The fraction of sp³-hybridized carbons (Fsp3) is 0.200. The van der Waals surface area contributed by atoms with E-state index in [1.54, 1.807) is 31.4 Å². The van der Waals surface area contributed by atoms with Crippen LogP contribution in [-0.2, 0) is 4.79 Å². The zero-order valence-corrected chi connectivity index (χ0v) is 17.0. The molecule has 0 atom stereocenters. The van der Waals surface area contributed by atoms with Gasteiger partial charge in [-0.15, -0.1) is 11.3 Å². The molecule has 3 rings (SSSR count). The second-order valence-corrected chi connectivity index (χ2v) is 7.45. The monoisotopic (exact) mass is 436 g/mol. The fourth-order valence-electron chi connectivity index (χ4n) is 2.53. The average Bonchev–Trinajstić information content (AvgIpc) is 3.05. The largest absolute Gasteiger partial charge is 0.497 e. The molecular weight excluding hydrogens is 419 g/mol. The smallest absolute Gasteiger partial charge is 0.281 e. The molecule has 1 aromatic heterocycles. The number of halogens is 2. The van der Waals surface area contributed by atoms with Gasteiger partial charge in [0, 0.05) is 16.5 Å². The van der Waals surface area contributed by atoms with Gasteiger partial charge in [0.25, 0.3) is 5.91 Å². The maximum absolute atomic E-state index is 13.3. The first-order valence-electron chi connectivity index (χ1n) is 8.71. The Labute approximate surface area is 175 Å². The third kappa shape index (κ3) is 5.36. The normalized spacial score (nSPS) is 10.6. The predicted molar refractivity (Wildman–Crippen MR) is 110 cm³/mol. The molecular formula is C20H18ClFN2O4S. The SMILES string of the molecule is COc1ccc(OCCCC(=O)NNC(=O)c2sc3cc(F)ccc3c2Cl)cc1. The van der Waals surface area contributed by atoms with Crippen molar-refractivity contribution >= 4 is 44.8 Å². The number of nitrogens with one attached hydrogen (secondary N) is 2. The Balaban J connectivity index is 1.43. The van der Waals surface area contributed by atoms with Crippen molar-refractivity contribution in [3.63, 3.8) is 0 Å². The fourth-order valence-corrected chi connectivity index (χ4v) is 3.96. The van der Waals surface area contributed by atoms with Crippen LogP contribution in [0.3, 0.4) is 0 Å². The summed E-state index contributed by atoms with van der Waals surface area (Å²) in [5.41, 5.74) is 4.67. The third-order valence-electron chi connectivity index (χ3n) is 3.99. The average molecular weight is 437 g/mol. The van der Waals surface area contributed by atoms with Gasteiger partial charge in [-0.2, -0.15) is 0 Å². The second-order valence-electron chi connectivity index (χ2n) is 6.02. The summed E-state index contributed by atoms with van der Waals surface area (Å²) in [5, 5.41) is 0.815. The molecule has 0 bridgehead atoms. The van der Waals surface area contributed by atoms with E-state index >= 15 is 0 Å². The molecule has 6 nitrogen and oxygen atoms in total. The summed E-state index contributed by atoms with van der Waals surface area (Å²) in [6, 6.07) is 11.2. The predicted octanol–water partition coefficient (Wildman–Crippen LogP) is 4.32. The van der Waals surface area contributed by atoms with Crippen LogP contribution in [0.15, 0.2) is 42.5 Å². The quantitative estimate of drug-likeness (QED) is 0.427. The molecule has 0 aliphatic heterocycles. The number of hydrogen-bond donors (Lipinski definition) is 2. The Hall–Kier alpha value is -2.84. The van der Waals surface area contributed by atoms with Crippen molar-refractivity contribution in [2.75, 3.05) is 13.7 Å². The molecule has 0 fully saturated rings. The van der Waals surface area contributed by atoms with Crippen molar-refractivity contribution < 1.29 is 23.5 Å². The van der Waals surface area contributed by atoms with Crippen LogP contribution in [0.2, 0.25) is 5.02 Å². The van der Waals surface area contributed by atoms with Gasteiger partial charge in [-0.1, -0.05) is 11.6 Å². The number of benzene rings is 2. The zero-order chi connectivity index (χ0) is 20.8. The van der Waals surface area contributed by atoms with E-state index in [4.69, 9.17) is 21.1 Å². The number of ether oxygens (including phenoxy) is 2. The molecule has 1 heterocycles. The minimum absolute atomic E-state index is 0.168. The van der Waals surface area contributed by atoms with E-state index in [1.807, 2.05) is 0 Å². The van der Waals surface area contributed by atoms with Crippen LogP contribution in [0, 0.1) is 5.82 Å². The number of hydrogen-bond acceptors (Lipinski definition) is 5. The first-order chi connectivity index (χ1) is 14.0. The Morgan fingerprint density at radius 1 is 1.10 bits per heavy atom. The first-order valence-corrected chi connectivity index (χ1v) is 9.91. The number of carbonyl (C=O) groups is 2. The van der Waals surface area contributed by atoms with Crippen molar-refractivity contribution in [3.05, 3.63) is 58.2 Å². The summed E-state index contributed by atoms with van der Waals surface area (Å²) in [6.07, 6.45) is 0.637. The first kappa shape index (κ1) is 20.9. The molecule has 2 aromatic carbocycles. The maximum atomic E-state index is 13.3. The molecule has 152 valence electrons. The number of fused-ring (bicyclic) bond motifs is 1. The molecule has 9 heteroatoms. The second kappa shape index (κ2) is 9.58. The van der Waals surface area contributed by atoms with E-state index in [2.05, 4.69) is 10.9 Å². The van der Waals surface area contributed by atoms with Crippen LogP contribution in [0.1, 0.15) is 22.5 Å². The number of rotatable bonds is 7. The summed E-state index contributed by atoms with van der Waals surface area (Å²) in [6.45, 7) is 0.349. The van der Waals surface area contributed by atoms with Crippen molar-refractivity contribution in [1.29, 1.82) is 0 Å². The summed E-state index contributed by atoms with van der Waals surface area (Å²) in [4.78, 5) is 24.4. The van der Waals surface area contributed by atoms with Crippen LogP contribution in [-0.4, -0.2) is 25.5 Å². The van der Waals surface area contributed by atoms with E-state index < -0.39 is 11.7 Å². The lowest BCUT2D eigenvalue weighted by atomic mass is 10.2. The Bertz CT molecular complexity index is 1020. The van der Waals surface area contributed by atoms with Crippen LogP contribution in [0.4, 0.5) is 4.39 Å². The zero-order valence-electron chi connectivity index (χ0n) is 15.5. The molecule has 29 heavy (non-hydrogen) atoms. The lowest BCUT2D eigenvalue weighted by molar-refractivity contribution is -0.122. The Morgan fingerprint density at radius 3 is 2.55 bits per heavy atom. The lowest BCUT2D eigenvalue weighted by Crippen LogP contribution is -2.41. The van der Waals surface area contributed by atoms with Crippen LogP contribution >= 0.6 is 22.9 Å². The highest BCUT2D eigenvalue weighted by atomic mass is 35.5. The van der Waals surface area contributed by atoms with Crippen LogP contribution in [0.25, 0.3) is 10.1 Å². The molecule has 0 saturated heterocycles. The highest BCUT2D eigenvalue weighted by molar-refractivity contribution is 7.21. The van der Waals surface area contributed by atoms with E-state index in [-0.39, 0.29) is 22.2 Å². The summed E-state index contributed by atoms with van der Waals surface area (Å²) in [7, 11) is 1.59. The minimum atomic E-state index is -0.556. The highest BCUT2D eigenvalue weighted by Gasteiger charge is 2.18. The van der Waals surface area contributed by atoms with Gasteiger partial charge in [0.1, 0.15) is 22.2 Å². The minimum Gasteiger partial charge on any atom is -0.497 e. The number of amides is 2. The summed E-state index contributed by atoms with van der Waals surface area (Å²) < 4.78 is 24.5. The van der Waals surface area contributed by atoms with Gasteiger partial charge >= 0.3 is 0 Å².